The quantitative estimate of drug-likeness (QED) is 0.0667. The number of carbonyl (C=O) groups is 5. The predicted molar refractivity (Wildman–Crippen MR) is 330 cm³/mol. The Bertz CT molecular complexity index is 3740. The predicted octanol–water partition coefficient (Wildman–Crippen LogP) is 12.0. The number of thiazole rings is 2. The molecule has 1 fully saturated rings. The van der Waals surface area contributed by atoms with Crippen LogP contribution in [0.5, 0.6) is 11.5 Å². The molecule has 4 amide bonds. The molecule has 3 aromatic heterocycles. The van der Waals surface area contributed by atoms with Crippen molar-refractivity contribution in [2.75, 3.05) is 23.3 Å². The summed E-state index contributed by atoms with van der Waals surface area (Å²) < 4.78 is 13.4. The summed E-state index contributed by atoms with van der Waals surface area (Å²) in [6, 6.07) is 36.1. The number of rotatable bonds is 16. The summed E-state index contributed by atoms with van der Waals surface area (Å²) in [4.78, 5) is 88.4. The van der Waals surface area contributed by atoms with E-state index in [2.05, 4.69) is 30.8 Å². The van der Waals surface area contributed by atoms with Crippen LogP contribution in [-0.4, -0.2) is 91.4 Å². The first-order valence-corrected chi connectivity index (χ1v) is 30.0. The lowest BCUT2D eigenvalue weighted by Gasteiger charge is -2.35. The van der Waals surface area contributed by atoms with Gasteiger partial charge in [0.1, 0.15) is 35.0 Å². The maximum absolute atomic E-state index is 14.4. The van der Waals surface area contributed by atoms with E-state index in [0.717, 1.165) is 59.7 Å². The van der Waals surface area contributed by atoms with Crippen LogP contribution in [0.1, 0.15) is 122 Å². The highest BCUT2D eigenvalue weighted by Gasteiger charge is 2.45. The number of fused-ring (bicyclic) bond motifs is 2. The van der Waals surface area contributed by atoms with Crippen LogP contribution < -0.4 is 25.6 Å². The zero-order valence-corrected chi connectivity index (χ0v) is 50.4. The number of nitrogens with zero attached hydrogens (tertiary/aromatic N) is 5. The van der Waals surface area contributed by atoms with Gasteiger partial charge in [0.2, 0.25) is 17.7 Å². The van der Waals surface area contributed by atoms with E-state index in [1.165, 1.54) is 16.2 Å². The van der Waals surface area contributed by atoms with Crippen LogP contribution in [0.2, 0.25) is 0 Å². The Hall–Kier alpha value is -8.32. The molecule has 16 nitrogen and oxygen atoms in total. The van der Waals surface area contributed by atoms with Gasteiger partial charge in [-0.1, -0.05) is 105 Å². The van der Waals surface area contributed by atoms with E-state index in [1.807, 2.05) is 189 Å². The van der Waals surface area contributed by atoms with Crippen molar-refractivity contribution in [3.63, 3.8) is 0 Å². The molecule has 10 rings (SSSR count). The lowest BCUT2D eigenvalue weighted by atomic mass is 9.85. The van der Waals surface area contributed by atoms with Crippen molar-refractivity contribution in [3.8, 4) is 33.1 Å². The van der Waals surface area contributed by atoms with E-state index in [4.69, 9.17) is 14.5 Å². The molecule has 0 spiro atoms. The van der Waals surface area contributed by atoms with Gasteiger partial charge in [0, 0.05) is 43.6 Å². The van der Waals surface area contributed by atoms with E-state index in [1.54, 1.807) is 11.3 Å². The van der Waals surface area contributed by atoms with Crippen LogP contribution >= 0.6 is 22.7 Å². The van der Waals surface area contributed by atoms with Gasteiger partial charge < -0.3 is 35.0 Å². The zero-order valence-electron chi connectivity index (χ0n) is 48.7. The monoisotopic (exact) mass is 1170 g/mol. The molecule has 2 aliphatic rings. The summed E-state index contributed by atoms with van der Waals surface area (Å²) in [5, 5.41) is 20.4. The van der Waals surface area contributed by atoms with Gasteiger partial charge in [-0.05, 0) is 147 Å². The molecular formula is C66H70N8O8S2. The number of hydrogen-bond donors (Lipinski definition) is 4. The Morgan fingerprint density at radius 2 is 1.57 bits per heavy atom. The van der Waals surface area contributed by atoms with E-state index in [9.17, 15) is 29.1 Å². The van der Waals surface area contributed by atoms with Crippen molar-refractivity contribution in [1.82, 2.24) is 30.5 Å². The number of carbonyl (C=O) groups excluding carboxylic acids is 5. The number of anilines is 2. The van der Waals surface area contributed by atoms with Crippen LogP contribution in [0.3, 0.4) is 0 Å². The summed E-state index contributed by atoms with van der Waals surface area (Å²) in [6.07, 6.45) is 0.325. The third-order valence-electron chi connectivity index (χ3n) is 15.3. The Balaban J connectivity index is 0.782. The minimum atomic E-state index is -0.964. The highest BCUT2D eigenvalue weighted by Crippen LogP contribution is 2.38. The number of aromatic nitrogens is 3. The molecular weight excluding hydrogens is 1100 g/mol. The Morgan fingerprint density at radius 1 is 0.821 bits per heavy atom. The van der Waals surface area contributed by atoms with Crippen molar-refractivity contribution in [3.05, 3.63) is 172 Å². The number of para-hydroxylation sites is 1. The van der Waals surface area contributed by atoms with Crippen molar-refractivity contribution in [1.29, 1.82) is 0 Å². The van der Waals surface area contributed by atoms with Gasteiger partial charge in [-0.3, -0.25) is 24.5 Å². The minimum absolute atomic E-state index is 0.0270. The number of β-amino-alcohol motifs (C(OH)–C–C–N with tert-alkyl or cyclic N) is 1. The van der Waals surface area contributed by atoms with Gasteiger partial charge in [-0.25, -0.2) is 19.7 Å². The summed E-state index contributed by atoms with van der Waals surface area (Å²) in [6.45, 7) is 17.8. The molecule has 0 unspecified atom stereocenters. The van der Waals surface area contributed by atoms with Gasteiger partial charge in [-0.2, -0.15) is 0 Å². The molecule has 2 aliphatic heterocycles. The standard InChI is InChI=1S/C66H70N8O8S2/c1-38-47(48-29-30-55(70-57(48)63(80)82-66(7,8)9)73-33-32-43-14-12-16-49(50(43)36-73)60(77)72-64-69-51-17-10-11-19-54(51)84-64)15-13-18-53(38)81-46-27-20-41(21-28-46)22-31-56(76)71-59(65(4,5)6)62(79)74-35-45(75)34-52(74)61(78)68-39(2)42-23-25-44(26-24-42)58-40(3)67-37-83-58/h10-21,23-30,37,39,45,52,59,75H,22,31-36H2,1-9H3,(H,68,78)(H,71,76)(H,69,72,77)/t39-,45+,52-,59+/m0/s1. The van der Waals surface area contributed by atoms with Crippen LogP contribution in [0.4, 0.5) is 10.9 Å². The Labute approximate surface area is 497 Å². The maximum atomic E-state index is 14.4. The molecule has 4 N–H and O–H groups in total. The van der Waals surface area contributed by atoms with Gasteiger partial charge in [0.25, 0.3) is 5.91 Å². The first kappa shape index (κ1) is 58.9. The molecule has 0 saturated carbocycles. The number of benzene rings is 5. The Morgan fingerprint density at radius 3 is 2.29 bits per heavy atom. The molecule has 0 radical (unpaired) electrons. The number of aliphatic hydroxyl groups excluding tert-OH is 1. The highest BCUT2D eigenvalue weighted by molar-refractivity contribution is 7.22. The fourth-order valence-corrected chi connectivity index (χ4v) is 12.5. The number of hydrogen-bond acceptors (Lipinski definition) is 14. The molecule has 84 heavy (non-hydrogen) atoms. The molecule has 18 heteroatoms. The lowest BCUT2D eigenvalue weighted by Crippen LogP contribution is -2.57. The number of likely N-dealkylation sites (tertiary alicyclic amines) is 1. The van der Waals surface area contributed by atoms with Gasteiger partial charge in [0.05, 0.1) is 38.4 Å². The van der Waals surface area contributed by atoms with E-state index in [-0.39, 0.29) is 48.8 Å². The molecule has 5 aromatic carbocycles. The number of nitrogens with one attached hydrogen (secondary N) is 3. The third-order valence-corrected chi connectivity index (χ3v) is 17.2. The number of ether oxygens (including phenoxy) is 2. The number of pyridine rings is 1. The smallest absolute Gasteiger partial charge is 0.358 e. The van der Waals surface area contributed by atoms with Crippen molar-refractivity contribution < 1.29 is 38.6 Å². The summed E-state index contributed by atoms with van der Waals surface area (Å²) >= 11 is 3.00. The maximum Gasteiger partial charge on any atom is 0.358 e. The van der Waals surface area contributed by atoms with Crippen LogP contribution in [0, 0.1) is 19.3 Å². The molecule has 1 saturated heterocycles. The van der Waals surface area contributed by atoms with E-state index in [0.29, 0.717) is 59.5 Å². The van der Waals surface area contributed by atoms with Crippen LogP contribution in [0.25, 0.3) is 31.8 Å². The highest BCUT2D eigenvalue weighted by atomic mass is 32.1. The SMILES string of the molecule is Cc1ncsc1-c1ccc([C@H](C)NC(=O)[C@@H]2C[C@@H](O)CN2C(=O)[C@@H](NC(=O)CCc2ccc(Oc3cccc(-c4ccc(N5CCc6cccc(C(=O)Nc7nc8ccccc8s7)c6C5)nc4C(=O)OC(C)(C)C)c3C)cc2)C(C)(C)C)cc1. The number of aliphatic hydroxyl groups is 1. The molecule has 0 bridgehead atoms. The molecule has 0 aliphatic carbocycles. The van der Waals surface area contributed by atoms with Crippen molar-refractivity contribution >= 4 is 73.4 Å². The second kappa shape index (κ2) is 24.5. The second-order valence-electron chi connectivity index (χ2n) is 23.7. The first-order valence-electron chi connectivity index (χ1n) is 28.3. The van der Waals surface area contributed by atoms with Crippen LogP contribution in [-0.2, 0) is 38.5 Å². The summed E-state index contributed by atoms with van der Waals surface area (Å²) in [5.41, 5.74) is 9.62. The van der Waals surface area contributed by atoms with Gasteiger partial charge in [0.15, 0.2) is 10.8 Å². The summed E-state index contributed by atoms with van der Waals surface area (Å²) in [7, 11) is 0. The summed E-state index contributed by atoms with van der Waals surface area (Å²) in [5.74, 6) is -0.252. The topological polar surface area (TPSA) is 205 Å². The fraction of sp³-hybridized carbons (Fsp3) is 0.333. The zero-order chi connectivity index (χ0) is 59.6. The second-order valence-corrected chi connectivity index (χ2v) is 25.6. The average Bonchev–Trinajstić information content (AvgIpc) is 2.55. The van der Waals surface area contributed by atoms with E-state index >= 15 is 0 Å². The number of amides is 4. The molecule has 5 heterocycles. The largest absolute Gasteiger partial charge is 0.457 e. The molecule has 8 aromatic rings. The van der Waals surface area contributed by atoms with Gasteiger partial charge in [-0.15, -0.1) is 11.3 Å². The molecule has 434 valence electrons. The number of esters is 1. The minimum Gasteiger partial charge on any atom is -0.457 e. The normalized spacial score (nSPS) is 15.9. The van der Waals surface area contributed by atoms with Gasteiger partial charge >= 0.3 is 5.97 Å². The Kier molecular flexibility index (Phi) is 17.2. The van der Waals surface area contributed by atoms with E-state index < -0.39 is 41.1 Å². The van der Waals surface area contributed by atoms with Crippen molar-refractivity contribution in [2.45, 2.75) is 124 Å². The van der Waals surface area contributed by atoms with Crippen molar-refractivity contribution in [2.24, 2.45) is 5.41 Å². The molecule has 4 atom stereocenters. The lowest BCUT2D eigenvalue weighted by molar-refractivity contribution is -0.144. The first-order chi connectivity index (χ1) is 40.1. The fourth-order valence-electron chi connectivity index (χ4n) is 10.8. The average molecular weight is 1170 g/mol. The third kappa shape index (κ3) is 13.4. The van der Waals surface area contributed by atoms with Crippen LogP contribution in [0.15, 0.2) is 127 Å². The number of aryl methyl sites for hydroxylation is 2.